The van der Waals surface area contributed by atoms with Crippen LogP contribution in [0.1, 0.15) is 67.3 Å². The molecule has 0 spiro atoms. The van der Waals surface area contributed by atoms with Crippen molar-refractivity contribution in [3.05, 3.63) is 101 Å². The van der Waals surface area contributed by atoms with E-state index in [0.29, 0.717) is 6.54 Å². The highest BCUT2D eigenvalue weighted by molar-refractivity contribution is 5.94. The monoisotopic (exact) mass is 486 g/mol. The van der Waals surface area contributed by atoms with Gasteiger partial charge in [0.15, 0.2) is 5.78 Å². The molecular weight excluding hydrogens is 448 g/mol. The number of aromatic nitrogens is 1. The van der Waals surface area contributed by atoms with E-state index in [0.717, 1.165) is 35.2 Å². The van der Waals surface area contributed by atoms with Crippen molar-refractivity contribution in [2.45, 2.75) is 53.6 Å². The first kappa shape index (κ1) is 28.5. The predicted octanol–water partition coefficient (Wildman–Crippen LogP) is 7.04. The normalized spacial score (nSPS) is 10.9. The number of fused-ring (bicyclic) bond motifs is 1. The number of ketones is 1. The maximum absolute atomic E-state index is 11.5. The number of aromatic amines is 1. The minimum absolute atomic E-state index is 0.125. The van der Waals surface area contributed by atoms with E-state index in [-0.39, 0.29) is 5.78 Å². The third-order valence-electron chi connectivity index (χ3n) is 5.58. The highest BCUT2D eigenvalue weighted by Gasteiger charge is 2.14. The molecule has 1 amide bonds. The molecule has 0 saturated heterocycles. The van der Waals surface area contributed by atoms with Gasteiger partial charge in [0.2, 0.25) is 6.41 Å². The number of carbonyl (C=O) groups excluding carboxylic acids is 2. The van der Waals surface area contributed by atoms with Crippen LogP contribution >= 0.6 is 0 Å². The van der Waals surface area contributed by atoms with E-state index in [4.69, 9.17) is 0 Å². The van der Waals surface area contributed by atoms with Gasteiger partial charge >= 0.3 is 0 Å². The molecule has 5 heteroatoms. The molecule has 0 radical (unpaired) electrons. The molecule has 4 aromatic rings. The molecule has 1 unspecified atom stereocenters. The molecule has 0 bridgehead atoms. The summed E-state index contributed by atoms with van der Waals surface area (Å²) >= 11 is 0. The van der Waals surface area contributed by atoms with Crippen molar-refractivity contribution in [1.29, 1.82) is 0 Å². The van der Waals surface area contributed by atoms with Crippen molar-refractivity contribution in [2.75, 3.05) is 11.4 Å². The Bertz CT molecular complexity index is 1230. The van der Waals surface area contributed by atoms with Gasteiger partial charge in [0, 0.05) is 40.5 Å². The number of rotatable bonds is 7. The van der Waals surface area contributed by atoms with Crippen molar-refractivity contribution in [1.82, 2.24) is 4.98 Å². The molecule has 0 aliphatic carbocycles. The fourth-order valence-electron chi connectivity index (χ4n) is 3.70. The van der Waals surface area contributed by atoms with Crippen LogP contribution in [0.2, 0.25) is 0 Å². The number of aryl methyl sites for hydroxylation is 1. The van der Waals surface area contributed by atoms with Crippen LogP contribution in [0, 0.1) is 6.92 Å². The first-order chi connectivity index (χ1) is 17.3. The highest BCUT2D eigenvalue weighted by Crippen LogP contribution is 2.26. The molecule has 0 aliphatic rings. The summed E-state index contributed by atoms with van der Waals surface area (Å²) in [7, 11) is 0. The van der Waals surface area contributed by atoms with Gasteiger partial charge in [-0.05, 0) is 44.9 Å². The Morgan fingerprint density at radius 1 is 1.00 bits per heavy atom. The summed E-state index contributed by atoms with van der Waals surface area (Å²) < 4.78 is 0. The number of para-hydroxylation sites is 2. The Hall–Kier alpha value is -3.70. The number of aliphatic hydroxyl groups is 1. The molecule has 1 atom stereocenters. The lowest BCUT2D eigenvalue weighted by Gasteiger charge is -2.22. The first-order valence-corrected chi connectivity index (χ1v) is 12.4. The minimum Gasteiger partial charge on any atom is -0.389 e. The van der Waals surface area contributed by atoms with Crippen LogP contribution in [-0.4, -0.2) is 28.8 Å². The second-order valence-corrected chi connectivity index (χ2v) is 8.77. The number of carbonyl (C=O) groups is 2. The van der Waals surface area contributed by atoms with Gasteiger partial charge in [0.25, 0.3) is 0 Å². The maximum Gasteiger partial charge on any atom is 0.214 e. The molecule has 1 heterocycles. The Kier molecular flexibility index (Phi) is 11.6. The average molecular weight is 487 g/mol. The molecule has 5 nitrogen and oxygen atoms in total. The quantitative estimate of drug-likeness (QED) is 0.217. The van der Waals surface area contributed by atoms with Gasteiger partial charge in [0.1, 0.15) is 0 Å². The van der Waals surface area contributed by atoms with Crippen LogP contribution in [0.5, 0.6) is 0 Å². The fraction of sp³-hybridized carbons (Fsp3) is 0.290. The minimum atomic E-state index is -0.610. The third-order valence-corrected chi connectivity index (χ3v) is 5.58. The molecule has 4 rings (SSSR count). The number of amides is 1. The van der Waals surface area contributed by atoms with E-state index in [2.05, 4.69) is 24.9 Å². The molecule has 1 aromatic heterocycles. The van der Waals surface area contributed by atoms with E-state index in [1.54, 1.807) is 18.7 Å². The number of aliphatic hydroxyl groups excluding tert-OH is 1. The van der Waals surface area contributed by atoms with Crippen LogP contribution < -0.4 is 4.90 Å². The number of nitrogens with zero attached hydrogens (tertiary/aromatic N) is 1. The maximum atomic E-state index is 11.5. The molecule has 0 aliphatic heterocycles. The van der Waals surface area contributed by atoms with Gasteiger partial charge in [-0.15, -0.1) is 0 Å². The molecule has 0 fully saturated rings. The average Bonchev–Trinajstić information content (AvgIpc) is 3.29. The Balaban J connectivity index is 0.000000292. The van der Waals surface area contributed by atoms with Gasteiger partial charge in [-0.1, -0.05) is 86.5 Å². The predicted molar refractivity (Wildman–Crippen MR) is 150 cm³/mol. The first-order valence-electron chi connectivity index (χ1n) is 12.4. The van der Waals surface area contributed by atoms with Crippen molar-refractivity contribution in [2.24, 2.45) is 0 Å². The number of anilines is 1. The highest BCUT2D eigenvalue weighted by atomic mass is 16.3. The largest absolute Gasteiger partial charge is 0.389 e. The number of H-pyrrole nitrogens is 1. The van der Waals surface area contributed by atoms with Crippen LogP contribution in [-0.2, 0) is 11.2 Å². The van der Waals surface area contributed by atoms with Crippen molar-refractivity contribution < 1.29 is 14.7 Å². The number of benzene rings is 3. The summed E-state index contributed by atoms with van der Waals surface area (Å²) in [6.07, 6.45) is 4.21. The van der Waals surface area contributed by atoms with Crippen LogP contribution in [0.3, 0.4) is 0 Å². The Labute approximate surface area is 214 Å². The van der Waals surface area contributed by atoms with Crippen molar-refractivity contribution in [3.63, 3.8) is 0 Å². The summed E-state index contributed by atoms with van der Waals surface area (Å²) in [4.78, 5) is 27.2. The Morgan fingerprint density at radius 2 is 1.61 bits per heavy atom. The van der Waals surface area contributed by atoms with Crippen molar-refractivity contribution in [3.8, 4) is 0 Å². The van der Waals surface area contributed by atoms with Gasteiger partial charge < -0.3 is 15.0 Å². The Morgan fingerprint density at radius 3 is 2.22 bits per heavy atom. The topological polar surface area (TPSA) is 73.4 Å². The summed E-state index contributed by atoms with van der Waals surface area (Å²) in [5.41, 5.74) is 5.78. The zero-order chi connectivity index (χ0) is 26.5. The van der Waals surface area contributed by atoms with Crippen LogP contribution in [0.25, 0.3) is 10.9 Å². The molecule has 2 N–H and O–H groups in total. The number of hydrogen-bond donors (Lipinski definition) is 2. The summed E-state index contributed by atoms with van der Waals surface area (Å²) in [5.74, 6) is 0.125. The standard InChI is InChI=1S/C19H20N2O2.C9H10O.C3H8/c1-14(23)16-6-3-5-9-19(16)21(13-22)11-10-15-12-20-18-8-4-2-7-17(15)18;1-7-3-5-9(6-4-7)8(2)10;1-3-2/h2-9,12-14,20,23H,10-11H2,1H3;3-6H,1-2H3;3H2,1-2H3. The van der Waals surface area contributed by atoms with Crippen molar-refractivity contribution >= 4 is 28.8 Å². The van der Waals surface area contributed by atoms with Gasteiger partial charge in [-0.3, -0.25) is 9.59 Å². The van der Waals surface area contributed by atoms with Gasteiger partial charge in [-0.25, -0.2) is 0 Å². The molecule has 3 aromatic carbocycles. The van der Waals surface area contributed by atoms with E-state index < -0.39 is 6.10 Å². The number of nitrogens with one attached hydrogen (secondary N) is 1. The van der Waals surface area contributed by atoms with E-state index in [1.165, 1.54) is 22.9 Å². The summed E-state index contributed by atoms with van der Waals surface area (Å²) in [6.45, 7) is 10.1. The van der Waals surface area contributed by atoms with Crippen LogP contribution in [0.15, 0.2) is 79.0 Å². The van der Waals surface area contributed by atoms with Gasteiger partial charge in [-0.2, -0.15) is 0 Å². The van der Waals surface area contributed by atoms with E-state index >= 15 is 0 Å². The van der Waals surface area contributed by atoms with E-state index in [1.807, 2.05) is 79.9 Å². The van der Waals surface area contributed by atoms with E-state index in [9.17, 15) is 14.7 Å². The second-order valence-electron chi connectivity index (χ2n) is 8.77. The second kappa shape index (κ2) is 14.6. The van der Waals surface area contributed by atoms with Crippen LogP contribution in [0.4, 0.5) is 5.69 Å². The smallest absolute Gasteiger partial charge is 0.214 e. The van der Waals surface area contributed by atoms with Gasteiger partial charge in [0.05, 0.1) is 6.10 Å². The zero-order valence-electron chi connectivity index (χ0n) is 22.0. The number of Topliss-reactive ketones (excluding diaryl/α,β-unsaturated/α-hetero) is 1. The zero-order valence-corrected chi connectivity index (χ0v) is 22.0. The molecule has 0 saturated carbocycles. The number of hydrogen-bond acceptors (Lipinski definition) is 3. The lowest BCUT2D eigenvalue weighted by atomic mass is 10.1. The molecular formula is C31H38N2O3. The molecule has 36 heavy (non-hydrogen) atoms. The fourth-order valence-corrected chi connectivity index (χ4v) is 3.70. The lowest BCUT2D eigenvalue weighted by Crippen LogP contribution is -2.25. The summed E-state index contributed by atoms with van der Waals surface area (Å²) in [5, 5.41) is 11.1. The lowest BCUT2D eigenvalue weighted by molar-refractivity contribution is -0.107. The molecule has 190 valence electrons. The SMILES string of the molecule is CC(=O)c1ccc(C)cc1.CC(O)c1ccccc1N(C=O)CCc1c[nH]c2ccccc12.CCC. The summed E-state index contributed by atoms with van der Waals surface area (Å²) in [6, 6.07) is 23.2. The third kappa shape index (κ3) is 8.21.